The average Bonchev–Trinajstić information content (AvgIpc) is 3.30. The smallest absolute Gasteiger partial charge is 0.274 e. The second kappa shape index (κ2) is 7.44. The predicted octanol–water partition coefficient (Wildman–Crippen LogP) is 4.13. The van der Waals surface area contributed by atoms with E-state index in [-0.39, 0.29) is 29.5 Å². The van der Waals surface area contributed by atoms with Gasteiger partial charge in [-0.25, -0.2) is 13.5 Å². The third-order valence-corrected chi connectivity index (χ3v) is 5.44. The van der Waals surface area contributed by atoms with Crippen LogP contribution in [0, 0.1) is 11.6 Å². The van der Waals surface area contributed by atoms with E-state index in [2.05, 4.69) is 5.10 Å². The minimum atomic E-state index is -0.742. The molecule has 1 aliphatic heterocycles. The summed E-state index contributed by atoms with van der Waals surface area (Å²) in [5.74, 6) is -1.65. The number of benzene rings is 1. The summed E-state index contributed by atoms with van der Waals surface area (Å²) in [6.07, 6.45) is -0.137. The Morgan fingerprint density at radius 2 is 1.93 bits per heavy atom. The van der Waals surface area contributed by atoms with Crippen molar-refractivity contribution in [1.82, 2.24) is 14.7 Å². The van der Waals surface area contributed by atoms with Crippen LogP contribution in [0.4, 0.5) is 8.78 Å². The van der Waals surface area contributed by atoms with Crippen molar-refractivity contribution in [2.75, 3.05) is 13.1 Å². The zero-order valence-electron chi connectivity index (χ0n) is 15.4. The van der Waals surface area contributed by atoms with E-state index >= 15 is 0 Å². The molecule has 146 valence electrons. The van der Waals surface area contributed by atoms with Crippen LogP contribution in [0.25, 0.3) is 16.3 Å². The van der Waals surface area contributed by atoms with Crippen LogP contribution in [0.15, 0.2) is 41.8 Å². The molecule has 8 heteroatoms. The molecule has 0 spiro atoms. The molecule has 28 heavy (non-hydrogen) atoms. The molecule has 2 atom stereocenters. The molecule has 4 rings (SSSR count). The monoisotopic (exact) mass is 403 g/mol. The second-order valence-corrected chi connectivity index (χ2v) is 7.81. The molecule has 0 aliphatic carbocycles. The highest BCUT2D eigenvalue weighted by Gasteiger charge is 2.29. The summed E-state index contributed by atoms with van der Waals surface area (Å²) in [7, 11) is 0. The lowest BCUT2D eigenvalue weighted by molar-refractivity contribution is -0.0587. The summed E-state index contributed by atoms with van der Waals surface area (Å²) in [4.78, 5) is 15.6. The molecule has 1 amide bonds. The van der Waals surface area contributed by atoms with Crippen LogP contribution in [0.5, 0.6) is 0 Å². The van der Waals surface area contributed by atoms with E-state index in [1.165, 1.54) is 28.2 Å². The Morgan fingerprint density at radius 3 is 2.57 bits per heavy atom. The lowest BCUT2D eigenvalue weighted by Gasteiger charge is -2.34. The summed E-state index contributed by atoms with van der Waals surface area (Å²) in [6.45, 7) is 4.77. The molecule has 0 radical (unpaired) electrons. The molecule has 3 heterocycles. The molecular weight excluding hydrogens is 384 g/mol. The van der Waals surface area contributed by atoms with Crippen LogP contribution in [0.3, 0.4) is 0 Å². The zero-order valence-corrected chi connectivity index (χ0v) is 16.2. The van der Waals surface area contributed by atoms with Crippen molar-refractivity contribution >= 4 is 17.2 Å². The molecule has 1 fully saturated rings. The first-order chi connectivity index (χ1) is 13.4. The van der Waals surface area contributed by atoms with Gasteiger partial charge in [0.15, 0.2) is 11.5 Å². The summed E-state index contributed by atoms with van der Waals surface area (Å²) >= 11 is 1.45. The normalized spacial score (nSPS) is 19.8. The summed E-state index contributed by atoms with van der Waals surface area (Å²) in [5, 5.41) is 6.27. The van der Waals surface area contributed by atoms with Gasteiger partial charge in [0, 0.05) is 19.2 Å². The molecule has 0 bridgehead atoms. The number of aromatic nitrogens is 2. The molecule has 2 unspecified atom stereocenters. The summed E-state index contributed by atoms with van der Waals surface area (Å²) < 4.78 is 34.8. The zero-order chi connectivity index (χ0) is 19.8. The quantitative estimate of drug-likeness (QED) is 0.661. The third-order valence-electron chi connectivity index (χ3n) is 4.55. The van der Waals surface area contributed by atoms with Crippen molar-refractivity contribution in [2.45, 2.75) is 26.1 Å². The first-order valence-electron chi connectivity index (χ1n) is 8.96. The fourth-order valence-electron chi connectivity index (χ4n) is 3.43. The number of morpholine rings is 1. The molecule has 1 aliphatic rings. The van der Waals surface area contributed by atoms with E-state index in [1.807, 2.05) is 31.4 Å². The number of carbonyl (C=O) groups is 1. The van der Waals surface area contributed by atoms with E-state index in [0.29, 0.717) is 18.8 Å². The molecule has 0 saturated carbocycles. The maximum atomic E-state index is 14.4. The van der Waals surface area contributed by atoms with Gasteiger partial charge in [-0.05, 0) is 43.5 Å². The van der Waals surface area contributed by atoms with Crippen molar-refractivity contribution in [2.24, 2.45) is 0 Å². The van der Waals surface area contributed by atoms with Gasteiger partial charge in [0.05, 0.1) is 22.8 Å². The Hall–Kier alpha value is -2.58. The molecule has 3 aromatic rings. The molecular formula is C20H19F2N3O2S. The minimum Gasteiger partial charge on any atom is -0.372 e. The van der Waals surface area contributed by atoms with Crippen LogP contribution in [-0.2, 0) is 4.74 Å². The van der Waals surface area contributed by atoms with Gasteiger partial charge >= 0.3 is 0 Å². The lowest BCUT2D eigenvalue weighted by Crippen LogP contribution is -2.48. The highest BCUT2D eigenvalue weighted by atomic mass is 32.1. The molecule has 0 N–H and O–H groups in total. The first kappa shape index (κ1) is 18.8. The van der Waals surface area contributed by atoms with Crippen molar-refractivity contribution in [3.05, 3.63) is 59.1 Å². The number of nitrogens with zero attached hydrogens (tertiary/aromatic N) is 3. The number of rotatable bonds is 3. The van der Waals surface area contributed by atoms with Crippen molar-refractivity contribution in [3.63, 3.8) is 0 Å². The van der Waals surface area contributed by atoms with Crippen LogP contribution in [0.2, 0.25) is 0 Å². The predicted molar refractivity (Wildman–Crippen MR) is 103 cm³/mol. The van der Waals surface area contributed by atoms with Crippen molar-refractivity contribution in [1.29, 1.82) is 0 Å². The van der Waals surface area contributed by atoms with Gasteiger partial charge in [0.2, 0.25) is 0 Å². The Bertz CT molecular complexity index is 993. The fraction of sp³-hybridized carbons (Fsp3) is 0.300. The van der Waals surface area contributed by atoms with E-state index in [1.54, 1.807) is 11.0 Å². The molecule has 2 aromatic heterocycles. The number of amides is 1. The number of hydrogen-bond donors (Lipinski definition) is 0. The van der Waals surface area contributed by atoms with Gasteiger partial charge in [-0.15, -0.1) is 11.3 Å². The van der Waals surface area contributed by atoms with Gasteiger partial charge in [0.1, 0.15) is 11.5 Å². The highest BCUT2D eigenvalue weighted by molar-refractivity contribution is 7.13. The number of halogens is 2. The maximum absolute atomic E-state index is 14.4. The molecule has 1 aromatic carbocycles. The van der Waals surface area contributed by atoms with Gasteiger partial charge in [-0.3, -0.25) is 4.79 Å². The Morgan fingerprint density at radius 1 is 1.18 bits per heavy atom. The largest absolute Gasteiger partial charge is 0.372 e. The van der Waals surface area contributed by atoms with E-state index < -0.39 is 11.6 Å². The Kier molecular flexibility index (Phi) is 4.99. The molecule has 1 saturated heterocycles. The van der Waals surface area contributed by atoms with E-state index in [9.17, 15) is 13.6 Å². The summed E-state index contributed by atoms with van der Waals surface area (Å²) in [6, 6.07) is 8.69. The molecule has 5 nitrogen and oxygen atoms in total. The Balaban J connectivity index is 1.77. The average molecular weight is 403 g/mol. The van der Waals surface area contributed by atoms with Crippen molar-refractivity contribution in [3.8, 4) is 16.3 Å². The second-order valence-electron chi connectivity index (χ2n) is 6.87. The number of carbonyl (C=O) groups excluding carboxylic acids is 1. The standard InChI is InChI=1S/C20H19F2N3O2S/c1-12-10-24(11-13(2)27-12)20(26)16-9-18(19-4-3-7-28-19)25(23-16)17-6-5-14(21)8-15(17)22/h3-9,12-13H,10-11H2,1-2H3. The topological polar surface area (TPSA) is 47.4 Å². The van der Waals surface area contributed by atoms with E-state index in [0.717, 1.165) is 10.9 Å². The third kappa shape index (κ3) is 3.57. The number of thiophene rings is 1. The van der Waals surface area contributed by atoms with Crippen molar-refractivity contribution < 1.29 is 18.3 Å². The SMILES string of the molecule is CC1CN(C(=O)c2cc(-c3cccs3)n(-c3ccc(F)cc3F)n2)CC(C)O1. The number of hydrogen-bond acceptors (Lipinski definition) is 4. The lowest BCUT2D eigenvalue weighted by atomic mass is 10.2. The van der Waals surface area contributed by atoms with Crippen LogP contribution >= 0.6 is 11.3 Å². The fourth-order valence-corrected chi connectivity index (χ4v) is 4.15. The van der Waals surface area contributed by atoms with Gasteiger partial charge in [0.25, 0.3) is 5.91 Å². The van der Waals surface area contributed by atoms with Crippen LogP contribution in [0.1, 0.15) is 24.3 Å². The van der Waals surface area contributed by atoms with Crippen LogP contribution in [-0.4, -0.2) is 45.9 Å². The van der Waals surface area contributed by atoms with Gasteiger partial charge in [-0.1, -0.05) is 6.07 Å². The Labute approximate surface area is 165 Å². The van der Waals surface area contributed by atoms with E-state index in [4.69, 9.17) is 4.74 Å². The summed E-state index contributed by atoms with van der Waals surface area (Å²) in [5.41, 5.74) is 0.888. The van der Waals surface area contributed by atoms with Gasteiger partial charge < -0.3 is 9.64 Å². The first-order valence-corrected chi connectivity index (χ1v) is 9.84. The van der Waals surface area contributed by atoms with Gasteiger partial charge in [-0.2, -0.15) is 5.10 Å². The highest BCUT2D eigenvalue weighted by Crippen LogP contribution is 2.29. The number of ether oxygens (including phenoxy) is 1. The maximum Gasteiger partial charge on any atom is 0.274 e. The van der Waals surface area contributed by atoms with Crippen LogP contribution < -0.4 is 0 Å². The minimum absolute atomic E-state index is 0.0684.